The Hall–Kier alpha value is -1.03. The maximum Gasteiger partial charge on any atom is 0.0437 e. The molecule has 2 nitrogen and oxygen atoms in total. The van der Waals surface area contributed by atoms with Crippen molar-refractivity contribution < 1.29 is 0 Å². The predicted octanol–water partition coefficient (Wildman–Crippen LogP) is 4.63. The zero-order valence-electron chi connectivity index (χ0n) is 12.3. The number of benzene rings is 2. The average molecular weight is 368 g/mol. The zero-order chi connectivity index (χ0) is 15.4. The van der Waals surface area contributed by atoms with Crippen LogP contribution in [0.2, 0.25) is 5.02 Å². The van der Waals surface area contributed by atoms with E-state index in [1.807, 2.05) is 25.1 Å². The first-order valence-electron chi connectivity index (χ1n) is 6.96. The third kappa shape index (κ3) is 4.47. The molecule has 1 unspecified atom stereocenters. The summed E-state index contributed by atoms with van der Waals surface area (Å²) in [4.78, 5) is 2.21. The summed E-state index contributed by atoms with van der Waals surface area (Å²) >= 11 is 9.76. The number of halogens is 2. The van der Waals surface area contributed by atoms with E-state index in [1.165, 1.54) is 11.1 Å². The van der Waals surface area contributed by atoms with Crippen LogP contribution in [-0.2, 0) is 13.0 Å². The molecule has 21 heavy (non-hydrogen) atoms. The minimum Gasteiger partial charge on any atom is -0.370 e. The third-order valence-corrected chi connectivity index (χ3v) is 4.37. The maximum absolute atomic E-state index is 6.16. The van der Waals surface area contributed by atoms with E-state index in [-0.39, 0.29) is 6.04 Å². The first-order chi connectivity index (χ1) is 9.97. The van der Waals surface area contributed by atoms with Crippen molar-refractivity contribution in [3.63, 3.8) is 0 Å². The molecular formula is C17H20BrClN2. The predicted molar refractivity (Wildman–Crippen MR) is 95.1 cm³/mol. The van der Waals surface area contributed by atoms with Gasteiger partial charge in [0.05, 0.1) is 0 Å². The van der Waals surface area contributed by atoms with Gasteiger partial charge in [-0.1, -0.05) is 51.8 Å². The summed E-state index contributed by atoms with van der Waals surface area (Å²) in [6, 6.07) is 14.4. The van der Waals surface area contributed by atoms with Gasteiger partial charge in [-0.05, 0) is 42.7 Å². The molecule has 4 heteroatoms. The van der Waals surface area contributed by atoms with Crippen molar-refractivity contribution in [2.45, 2.75) is 25.9 Å². The molecule has 0 aromatic heterocycles. The molecule has 0 fully saturated rings. The summed E-state index contributed by atoms with van der Waals surface area (Å²) in [6.07, 6.45) is 0.840. The smallest absolute Gasteiger partial charge is 0.0437 e. The van der Waals surface area contributed by atoms with Crippen LogP contribution in [0.5, 0.6) is 0 Å². The van der Waals surface area contributed by atoms with Crippen molar-refractivity contribution in [1.29, 1.82) is 0 Å². The van der Waals surface area contributed by atoms with Gasteiger partial charge in [0, 0.05) is 34.8 Å². The Bertz CT molecular complexity index is 613. The van der Waals surface area contributed by atoms with E-state index in [9.17, 15) is 0 Å². The number of anilines is 1. The van der Waals surface area contributed by atoms with Crippen LogP contribution < -0.4 is 10.6 Å². The highest BCUT2D eigenvalue weighted by Gasteiger charge is 2.11. The fraction of sp³-hybridized carbons (Fsp3) is 0.294. The molecule has 2 rings (SSSR count). The van der Waals surface area contributed by atoms with Crippen molar-refractivity contribution in [1.82, 2.24) is 0 Å². The monoisotopic (exact) mass is 366 g/mol. The highest BCUT2D eigenvalue weighted by atomic mass is 79.9. The summed E-state index contributed by atoms with van der Waals surface area (Å²) in [5, 5.41) is 0.748. The van der Waals surface area contributed by atoms with Gasteiger partial charge in [-0.15, -0.1) is 0 Å². The van der Waals surface area contributed by atoms with Crippen LogP contribution in [0.3, 0.4) is 0 Å². The van der Waals surface area contributed by atoms with Crippen LogP contribution in [0.25, 0.3) is 0 Å². The lowest BCUT2D eigenvalue weighted by molar-refractivity contribution is 0.734. The van der Waals surface area contributed by atoms with Crippen LogP contribution in [0.4, 0.5) is 5.69 Å². The largest absolute Gasteiger partial charge is 0.370 e. The fourth-order valence-corrected chi connectivity index (χ4v) is 2.96. The van der Waals surface area contributed by atoms with Gasteiger partial charge in [0.2, 0.25) is 0 Å². The maximum atomic E-state index is 6.16. The Balaban J connectivity index is 2.27. The first kappa shape index (κ1) is 16.3. The minimum atomic E-state index is 0.127. The van der Waals surface area contributed by atoms with Crippen LogP contribution in [0.1, 0.15) is 18.1 Å². The second kappa shape index (κ2) is 7.30. The van der Waals surface area contributed by atoms with Crippen LogP contribution >= 0.6 is 27.5 Å². The van der Waals surface area contributed by atoms with Crippen LogP contribution in [0, 0.1) is 0 Å². The molecule has 0 aliphatic rings. The van der Waals surface area contributed by atoms with Crippen molar-refractivity contribution in [3.05, 3.63) is 63.1 Å². The van der Waals surface area contributed by atoms with Crippen molar-refractivity contribution in [2.24, 2.45) is 5.73 Å². The van der Waals surface area contributed by atoms with Gasteiger partial charge in [-0.3, -0.25) is 0 Å². The molecule has 0 radical (unpaired) electrons. The van der Waals surface area contributed by atoms with Crippen molar-refractivity contribution in [2.75, 3.05) is 11.9 Å². The molecule has 0 saturated carbocycles. The van der Waals surface area contributed by atoms with Crippen molar-refractivity contribution >= 4 is 33.2 Å². The molecule has 2 aromatic carbocycles. The van der Waals surface area contributed by atoms with E-state index in [1.54, 1.807) is 0 Å². The highest BCUT2D eigenvalue weighted by molar-refractivity contribution is 9.10. The third-order valence-electron chi connectivity index (χ3n) is 3.37. The molecule has 0 spiro atoms. The van der Waals surface area contributed by atoms with E-state index in [2.05, 4.69) is 52.1 Å². The van der Waals surface area contributed by atoms with Gasteiger partial charge >= 0.3 is 0 Å². The number of hydrogen-bond acceptors (Lipinski definition) is 2. The summed E-state index contributed by atoms with van der Waals surface area (Å²) < 4.78 is 1.12. The summed E-state index contributed by atoms with van der Waals surface area (Å²) in [7, 11) is 2.08. The molecule has 0 amide bonds. The Kier molecular flexibility index (Phi) is 5.68. The van der Waals surface area contributed by atoms with Gasteiger partial charge < -0.3 is 10.6 Å². The number of hydrogen-bond donors (Lipinski definition) is 1. The number of rotatable bonds is 5. The standard InChI is InChI=1S/C17H20BrClN2/c1-12(20)9-13-7-8-15(19)10-17(13)21(2)11-14-5-3-4-6-16(14)18/h3-8,10,12H,9,11,20H2,1-2H3. The lowest BCUT2D eigenvalue weighted by Crippen LogP contribution is -2.22. The quantitative estimate of drug-likeness (QED) is 0.835. The van der Waals surface area contributed by atoms with Gasteiger partial charge in [0.15, 0.2) is 0 Å². The number of nitrogens with zero attached hydrogens (tertiary/aromatic N) is 1. The lowest BCUT2D eigenvalue weighted by atomic mass is 10.0. The topological polar surface area (TPSA) is 29.3 Å². The molecule has 112 valence electrons. The molecule has 0 saturated heterocycles. The second-order valence-corrected chi connectivity index (χ2v) is 6.69. The molecule has 2 N–H and O–H groups in total. The summed E-state index contributed by atoms with van der Waals surface area (Å²) in [5.41, 5.74) is 9.55. The molecule has 2 aromatic rings. The van der Waals surface area contributed by atoms with E-state index in [0.717, 1.165) is 28.1 Å². The second-order valence-electron chi connectivity index (χ2n) is 5.40. The molecular weight excluding hydrogens is 348 g/mol. The molecule has 0 aliphatic carbocycles. The average Bonchev–Trinajstić information content (AvgIpc) is 2.43. The SMILES string of the molecule is CC(N)Cc1ccc(Cl)cc1N(C)Cc1ccccc1Br. The van der Waals surface area contributed by atoms with Gasteiger partial charge in [0.25, 0.3) is 0 Å². The Morgan fingerprint density at radius 3 is 2.57 bits per heavy atom. The Morgan fingerprint density at radius 2 is 1.90 bits per heavy atom. The van der Waals surface area contributed by atoms with E-state index >= 15 is 0 Å². The summed E-state index contributed by atoms with van der Waals surface area (Å²) in [5.74, 6) is 0. The van der Waals surface area contributed by atoms with Gasteiger partial charge in [-0.25, -0.2) is 0 Å². The van der Waals surface area contributed by atoms with Gasteiger partial charge in [-0.2, -0.15) is 0 Å². The van der Waals surface area contributed by atoms with Gasteiger partial charge in [0.1, 0.15) is 0 Å². The molecule has 0 heterocycles. The molecule has 0 aliphatic heterocycles. The number of nitrogens with two attached hydrogens (primary N) is 1. The Labute approximate surface area is 140 Å². The molecule has 1 atom stereocenters. The van der Waals surface area contributed by atoms with E-state index in [4.69, 9.17) is 17.3 Å². The van der Waals surface area contributed by atoms with Crippen LogP contribution in [-0.4, -0.2) is 13.1 Å². The fourth-order valence-electron chi connectivity index (χ4n) is 2.38. The summed E-state index contributed by atoms with van der Waals surface area (Å²) in [6.45, 7) is 2.83. The van der Waals surface area contributed by atoms with Crippen molar-refractivity contribution in [3.8, 4) is 0 Å². The zero-order valence-corrected chi connectivity index (χ0v) is 14.7. The Morgan fingerprint density at radius 1 is 1.19 bits per heavy atom. The van der Waals surface area contributed by atoms with E-state index in [0.29, 0.717) is 0 Å². The first-order valence-corrected chi connectivity index (χ1v) is 8.13. The lowest BCUT2D eigenvalue weighted by Gasteiger charge is -2.24. The normalized spacial score (nSPS) is 12.2. The molecule has 0 bridgehead atoms. The van der Waals surface area contributed by atoms with E-state index < -0.39 is 0 Å². The van der Waals surface area contributed by atoms with Crippen LogP contribution in [0.15, 0.2) is 46.9 Å². The minimum absolute atomic E-state index is 0.127. The highest BCUT2D eigenvalue weighted by Crippen LogP contribution is 2.27.